The van der Waals surface area contributed by atoms with Crippen LogP contribution in [0.3, 0.4) is 0 Å². The van der Waals surface area contributed by atoms with Gasteiger partial charge in [-0.25, -0.2) is 14.2 Å². The number of amides is 2. The molecular weight excluding hydrogens is 349 g/mol. The molecule has 27 heavy (non-hydrogen) atoms. The van der Waals surface area contributed by atoms with Crippen molar-refractivity contribution in [3.63, 3.8) is 0 Å². The third-order valence-electron chi connectivity index (χ3n) is 3.83. The maximum Gasteiger partial charge on any atom is 0.325 e. The summed E-state index contributed by atoms with van der Waals surface area (Å²) in [5.41, 5.74) is 6.70. The molecule has 3 rings (SSSR count). The first kappa shape index (κ1) is 18.4. The van der Waals surface area contributed by atoms with Crippen LogP contribution >= 0.6 is 0 Å². The largest absolute Gasteiger partial charge is 0.384 e. The number of urea groups is 1. The normalized spacial score (nSPS) is 11.3. The van der Waals surface area contributed by atoms with E-state index in [4.69, 9.17) is 10.3 Å². The lowest BCUT2D eigenvalue weighted by atomic mass is 9.93. The van der Waals surface area contributed by atoms with Crippen molar-refractivity contribution in [2.45, 2.75) is 26.2 Å². The Labute approximate surface area is 155 Å². The van der Waals surface area contributed by atoms with Gasteiger partial charge in [0.05, 0.1) is 5.69 Å². The van der Waals surface area contributed by atoms with Crippen LogP contribution in [-0.4, -0.2) is 16.2 Å². The molecule has 0 aliphatic heterocycles. The van der Waals surface area contributed by atoms with E-state index in [1.807, 2.05) is 20.8 Å². The molecule has 0 saturated heterocycles. The summed E-state index contributed by atoms with van der Waals surface area (Å²) in [5, 5.41) is 8.76. The van der Waals surface area contributed by atoms with E-state index in [-0.39, 0.29) is 16.9 Å². The number of hydrogen-bond acceptors (Lipinski definition) is 5. The van der Waals surface area contributed by atoms with Crippen molar-refractivity contribution in [1.29, 1.82) is 0 Å². The molecule has 0 atom stereocenters. The number of carbonyl (C=O) groups excluding carboxylic acids is 1. The van der Waals surface area contributed by atoms with Gasteiger partial charge in [-0.15, -0.1) is 0 Å². The summed E-state index contributed by atoms with van der Waals surface area (Å²) in [4.78, 5) is 16.1. The Morgan fingerprint density at radius 2 is 1.85 bits per heavy atom. The van der Waals surface area contributed by atoms with E-state index in [2.05, 4.69) is 20.8 Å². The summed E-state index contributed by atoms with van der Waals surface area (Å²) < 4.78 is 19.5. The van der Waals surface area contributed by atoms with Gasteiger partial charge in [0.15, 0.2) is 5.82 Å². The second kappa shape index (κ2) is 7.06. The molecule has 140 valence electrons. The summed E-state index contributed by atoms with van der Waals surface area (Å²) in [6.07, 6.45) is 1.56. The maximum atomic E-state index is 14.4. The van der Waals surface area contributed by atoms with Gasteiger partial charge in [-0.3, -0.25) is 5.32 Å². The van der Waals surface area contributed by atoms with Gasteiger partial charge in [-0.1, -0.05) is 32.0 Å². The Balaban J connectivity index is 1.69. The molecular formula is C19H20FN5O2. The zero-order valence-electron chi connectivity index (χ0n) is 15.2. The quantitative estimate of drug-likeness (QED) is 0.634. The number of carbonyl (C=O) groups is 1. The molecule has 0 unspecified atom stereocenters. The molecule has 0 saturated carbocycles. The number of nitrogens with one attached hydrogen (secondary N) is 2. The third kappa shape index (κ3) is 4.41. The maximum absolute atomic E-state index is 14.4. The fourth-order valence-corrected chi connectivity index (χ4v) is 2.33. The number of nitrogen functional groups attached to an aromatic ring is 1. The van der Waals surface area contributed by atoms with Gasteiger partial charge in [0.2, 0.25) is 0 Å². The van der Waals surface area contributed by atoms with Crippen LogP contribution in [0, 0.1) is 5.82 Å². The van der Waals surface area contributed by atoms with Gasteiger partial charge in [-0.05, 0) is 29.8 Å². The Kier molecular flexibility index (Phi) is 4.81. The summed E-state index contributed by atoms with van der Waals surface area (Å²) >= 11 is 0. The lowest BCUT2D eigenvalue weighted by Gasteiger charge is -2.12. The number of hydrogen-bond donors (Lipinski definition) is 3. The number of benzene rings is 1. The summed E-state index contributed by atoms with van der Waals surface area (Å²) in [6.45, 7) is 5.89. The lowest BCUT2D eigenvalue weighted by molar-refractivity contribution is 0.261. The van der Waals surface area contributed by atoms with Gasteiger partial charge >= 0.3 is 6.03 Å². The van der Waals surface area contributed by atoms with Crippen molar-refractivity contribution in [1.82, 2.24) is 10.1 Å². The van der Waals surface area contributed by atoms with E-state index in [9.17, 15) is 9.18 Å². The molecule has 0 radical (unpaired) electrons. The van der Waals surface area contributed by atoms with Crippen molar-refractivity contribution in [3.8, 4) is 11.1 Å². The molecule has 0 aliphatic carbocycles. The number of aromatic nitrogens is 2. The molecule has 8 heteroatoms. The zero-order chi connectivity index (χ0) is 19.6. The van der Waals surface area contributed by atoms with Crippen LogP contribution in [0.1, 0.15) is 26.5 Å². The highest BCUT2D eigenvalue weighted by atomic mass is 19.1. The Bertz CT molecular complexity index is 961. The van der Waals surface area contributed by atoms with Crippen molar-refractivity contribution in [3.05, 3.63) is 54.2 Å². The van der Waals surface area contributed by atoms with E-state index in [1.165, 1.54) is 12.1 Å². The average Bonchev–Trinajstić information content (AvgIpc) is 3.06. The van der Waals surface area contributed by atoms with Gasteiger partial charge in [0.1, 0.15) is 17.4 Å². The molecule has 7 nitrogen and oxygen atoms in total. The summed E-state index contributed by atoms with van der Waals surface area (Å²) in [6, 6.07) is 8.86. The number of rotatable bonds is 3. The predicted molar refractivity (Wildman–Crippen MR) is 102 cm³/mol. The fourth-order valence-electron chi connectivity index (χ4n) is 2.33. The van der Waals surface area contributed by atoms with Crippen LogP contribution in [0.4, 0.5) is 26.5 Å². The van der Waals surface area contributed by atoms with Crippen molar-refractivity contribution >= 4 is 23.4 Å². The molecule has 2 heterocycles. The van der Waals surface area contributed by atoms with Crippen LogP contribution in [0.2, 0.25) is 0 Å². The molecule has 0 aliphatic rings. The number of anilines is 3. The minimum Gasteiger partial charge on any atom is -0.384 e. The van der Waals surface area contributed by atoms with Gasteiger partial charge in [0.25, 0.3) is 0 Å². The third-order valence-corrected chi connectivity index (χ3v) is 3.83. The Morgan fingerprint density at radius 1 is 1.11 bits per heavy atom. The van der Waals surface area contributed by atoms with Crippen LogP contribution in [0.5, 0.6) is 0 Å². The molecule has 3 aromatic rings. The van der Waals surface area contributed by atoms with Crippen molar-refractivity contribution in [2.24, 2.45) is 0 Å². The van der Waals surface area contributed by atoms with Gasteiger partial charge < -0.3 is 15.6 Å². The average molecular weight is 369 g/mol. The summed E-state index contributed by atoms with van der Waals surface area (Å²) in [5.74, 6) is 0.694. The monoisotopic (exact) mass is 369 g/mol. The number of nitrogens with two attached hydrogens (primary N) is 1. The molecule has 0 spiro atoms. The van der Waals surface area contributed by atoms with Gasteiger partial charge in [0, 0.05) is 23.2 Å². The Hall–Kier alpha value is -3.42. The van der Waals surface area contributed by atoms with E-state index in [0.29, 0.717) is 17.1 Å². The van der Waals surface area contributed by atoms with Crippen LogP contribution in [0.15, 0.2) is 47.1 Å². The first-order valence-corrected chi connectivity index (χ1v) is 8.29. The molecule has 4 N–H and O–H groups in total. The standard InChI is InChI=1S/C19H20FN5O2/c1-19(2,3)15-9-17(25-27-15)24-18(26)23-14-6-4-11(8-13(14)20)12-5-7-16(21)22-10-12/h4-10H,1-3H3,(H2,21,22)(H2,23,24,25,26). The highest BCUT2D eigenvalue weighted by molar-refractivity contribution is 5.99. The van der Waals surface area contributed by atoms with Crippen LogP contribution in [-0.2, 0) is 5.41 Å². The molecule has 2 amide bonds. The molecule has 2 aromatic heterocycles. The van der Waals surface area contributed by atoms with E-state index >= 15 is 0 Å². The molecule has 1 aromatic carbocycles. The highest BCUT2D eigenvalue weighted by Gasteiger charge is 2.20. The zero-order valence-corrected chi connectivity index (χ0v) is 15.2. The van der Waals surface area contributed by atoms with E-state index in [1.54, 1.807) is 30.5 Å². The topological polar surface area (TPSA) is 106 Å². The number of pyridine rings is 1. The first-order valence-electron chi connectivity index (χ1n) is 8.29. The van der Waals surface area contributed by atoms with Crippen LogP contribution in [0.25, 0.3) is 11.1 Å². The van der Waals surface area contributed by atoms with Crippen molar-refractivity contribution in [2.75, 3.05) is 16.4 Å². The number of nitrogens with zero attached hydrogens (tertiary/aromatic N) is 2. The first-order chi connectivity index (χ1) is 12.7. The minimum atomic E-state index is -0.621. The number of halogens is 1. The van der Waals surface area contributed by atoms with E-state index in [0.717, 1.165) is 5.56 Å². The SMILES string of the molecule is CC(C)(C)c1cc(NC(=O)Nc2ccc(-c3ccc(N)nc3)cc2F)no1. The lowest BCUT2D eigenvalue weighted by Crippen LogP contribution is -2.20. The smallest absolute Gasteiger partial charge is 0.325 e. The minimum absolute atomic E-state index is 0.0409. The van der Waals surface area contributed by atoms with Gasteiger partial charge in [-0.2, -0.15) is 0 Å². The second-order valence-corrected chi connectivity index (χ2v) is 7.07. The fraction of sp³-hybridized carbons (Fsp3) is 0.211. The highest BCUT2D eigenvalue weighted by Crippen LogP contribution is 2.26. The van der Waals surface area contributed by atoms with Crippen molar-refractivity contribution < 1.29 is 13.7 Å². The van der Waals surface area contributed by atoms with Crippen LogP contribution < -0.4 is 16.4 Å². The molecule has 0 bridgehead atoms. The predicted octanol–water partition coefficient (Wildman–Crippen LogP) is 4.40. The Morgan fingerprint density at radius 3 is 2.44 bits per heavy atom. The second-order valence-electron chi connectivity index (χ2n) is 7.07. The van der Waals surface area contributed by atoms with E-state index < -0.39 is 11.8 Å². The summed E-state index contributed by atoms with van der Waals surface area (Å²) in [7, 11) is 0. The molecule has 0 fully saturated rings.